The molecule has 5 aromatic rings. The number of fused-ring (bicyclic) bond motifs is 2. The summed E-state index contributed by atoms with van der Waals surface area (Å²) in [6.07, 6.45) is 0. The number of esters is 1. The molecule has 5 rings (SSSR count). The second kappa shape index (κ2) is 7.73. The predicted molar refractivity (Wildman–Crippen MR) is 120 cm³/mol. The third kappa shape index (κ3) is 3.69. The molecule has 0 amide bonds. The third-order valence-electron chi connectivity index (χ3n) is 5.00. The van der Waals surface area contributed by atoms with Gasteiger partial charge in [0.25, 0.3) is 5.56 Å². The van der Waals surface area contributed by atoms with Crippen LogP contribution in [-0.4, -0.2) is 20.5 Å². The van der Waals surface area contributed by atoms with Gasteiger partial charge in [0.05, 0.1) is 11.9 Å². The van der Waals surface area contributed by atoms with E-state index in [1.54, 1.807) is 0 Å². The lowest BCUT2D eigenvalue weighted by Gasteiger charge is -2.02. The first-order valence-electron chi connectivity index (χ1n) is 9.63. The summed E-state index contributed by atoms with van der Waals surface area (Å²) in [5, 5.41) is 1.29. The number of benzene rings is 2. The molecule has 3 aromatic heterocycles. The molecule has 8 heteroatoms. The maximum atomic E-state index is 13.0. The molecule has 0 fully saturated rings. The van der Waals surface area contributed by atoms with Crippen molar-refractivity contribution < 1.29 is 9.53 Å². The summed E-state index contributed by atoms with van der Waals surface area (Å²) in [4.78, 5) is 44.5. The second-order valence-electron chi connectivity index (χ2n) is 7.12. The molecule has 0 saturated heterocycles. The first kappa shape index (κ1) is 19.1. The zero-order valence-corrected chi connectivity index (χ0v) is 17.1. The summed E-state index contributed by atoms with van der Waals surface area (Å²) in [6, 6.07) is 20.4. The molecule has 154 valence electrons. The number of carbonyl (C=O) groups is 1. The number of aromatic amines is 2. The van der Waals surface area contributed by atoms with E-state index < -0.39 is 17.2 Å². The van der Waals surface area contributed by atoms with Crippen LogP contribution in [0.4, 0.5) is 0 Å². The van der Waals surface area contributed by atoms with E-state index in [1.165, 1.54) is 6.07 Å². The lowest BCUT2D eigenvalue weighted by atomic mass is 10.2. The minimum atomic E-state index is -0.535. The Balaban J connectivity index is 1.44. The van der Waals surface area contributed by atoms with Gasteiger partial charge >= 0.3 is 11.7 Å². The SMILES string of the molecule is O=C(OCc1ccccc1)c1cc2c(=O)n(Cc3cc4ccccc4[nH]3)c(=O)[nH]c2s1. The van der Waals surface area contributed by atoms with Crippen molar-refractivity contribution >= 4 is 38.4 Å². The van der Waals surface area contributed by atoms with Crippen molar-refractivity contribution in [2.24, 2.45) is 0 Å². The van der Waals surface area contributed by atoms with Gasteiger partial charge in [-0.1, -0.05) is 48.5 Å². The number of H-pyrrole nitrogens is 2. The van der Waals surface area contributed by atoms with Crippen molar-refractivity contribution in [3.8, 4) is 0 Å². The van der Waals surface area contributed by atoms with Crippen molar-refractivity contribution in [1.82, 2.24) is 14.5 Å². The first-order chi connectivity index (χ1) is 15.1. The van der Waals surface area contributed by atoms with Crippen molar-refractivity contribution in [3.63, 3.8) is 0 Å². The van der Waals surface area contributed by atoms with Crippen molar-refractivity contribution in [1.29, 1.82) is 0 Å². The number of hydrogen-bond donors (Lipinski definition) is 2. The van der Waals surface area contributed by atoms with Crippen LogP contribution in [0.5, 0.6) is 0 Å². The number of ether oxygens (including phenoxy) is 1. The van der Waals surface area contributed by atoms with Gasteiger partial charge in [0.15, 0.2) is 0 Å². The van der Waals surface area contributed by atoms with Crippen LogP contribution in [0.15, 0.2) is 76.3 Å². The number of nitrogens with zero attached hydrogens (tertiary/aromatic N) is 1. The molecule has 0 aliphatic carbocycles. The van der Waals surface area contributed by atoms with E-state index in [-0.39, 0.29) is 23.4 Å². The number of nitrogens with one attached hydrogen (secondary N) is 2. The quantitative estimate of drug-likeness (QED) is 0.415. The van der Waals surface area contributed by atoms with Gasteiger partial charge in [-0.25, -0.2) is 9.59 Å². The summed E-state index contributed by atoms with van der Waals surface area (Å²) in [5.74, 6) is -0.535. The third-order valence-corrected chi connectivity index (χ3v) is 6.03. The van der Waals surface area contributed by atoms with Crippen LogP contribution in [0.25, 0.3) is 21.1 Å². The molecule has 31 heavy (non-hydrogen) atoms. The molecule has 0 aliphatic rings. The highest BCUT2D eigenvalue weighted by molar-refractivity contribution is 7.20. The van der Waals surface area contributed by atoms with Crippen molar-refractivity contribution in [2.75, 3.05) is 0 Å². The standard InChI is InChI=1S/C23H17N3O4S/c27-21-17-11-19(22(28)30-13-14-6-2-1-3-7-14)31-20(17)25-23(29)26(21)12-16-10-15-8-4-5-9-18(15)24-16/h1-11,24H,12-13H2,(H,25,29). The van der Waals surface area contributed by atoms with Crippen molar-refractivity contribution in [2.45, 2.75) is 13.2 Å². The van der Waals surface area contributed by atoms with E-state index in [4.69, 9.17) is 4.74 Å². The van der Waals surface area contributed by atoms with Gasteiger partial charge in [0, 0.05) is 11.2 Å². The Kier molecular flexibility index (Phi) is 4.76. The van der Waals surface area contributed by atoms with Gasteiger partial charge in [0.2, 0.25) is 0 Å². The van der Waals surface area contributed by atoms with Crippen LogP contribution in [-0.2, 0) is 17.9 Å². The first-order valence-corrected chi connectivity index (χ1v) is 10.4. The Bertz CT molecular complexity index is 1490. The Morgan fingerprint density at radius 2 is 1.74 bits per heavy atom. The number of carbonyl (C=O) groups excluding carboxylic acids is 1. The maximum absolute atomic E-state index is 13.0. The Labute approximate surface area is 179 Å². The Morgan fingerprint density at radius 3 is 2.55 bits per heavy atom. The lowest BCUT2D eigenvalue weighted by Crippen LogP contribution is -2.35. The maximum Gasteiger partial charge on any atom is 0.348 e. The van der Waals surface area contributed by atoms with Gasteiger partial charge in [-0.2, -0.15) is 0 Å². The minimum absolute atomic E-state index is 0.0996. The fourth-order valence-electron chi connectivity index (χ4n) is 3.47. The molecule has 0 spiro atoms. The van der Waals surface area contributed by atoms with Crippen LogP contribution in [0.1, 0.15) is 20.9 Å². The number of aromatic nitrogens is 3. The van der Waals surface area contributed by atoms with Gasteiger partial charge in [-0.15, -0.1) is 11.3 Å². The van der Waals surface area contributed by atoms with Crippen LogP contribution in [0.2, 0.25) is 0 Å². The average Bonchev–Trinajstić information content (AvgIpc) is 3.39. The molecular weight excluding hydrogens is 414 g/mol. The molecule has 0 saturated carbocycles. The molecule has 0 bridgehead atoms. The summed E-state index contributed by atoms with van der Waals surface area (Å²) in [7, 11) is 0. The van der Waals surface area contributed by atoms with Crippen LogP contribution in [0.3, 0.4) is 0 Å². The summed E-state index contributed by atoms with van der Waals surface area (Å²) in [6.45, 7) is 0.234. The molecule has 0 unspecified atom stereocenters. The number of thiophene rings is 1. The number of para-hydroxylation sites is 1. The normalized spacial score (nSPS) is 11.2. The van der Waals surface area contributed by atoms with E-state index in [2.05, 4.69) is 9.97 Å². The van der Waals surface area contributed by atoms with Crippen LogP contribution >= 0.6 is 11.3 Å². The molecule has 0 atom stereocenters. The zero-order chi connectivity index (χ0) is 21.4. The monoisotopic (exact) mass is 431 g/mol. The number of hydrogen-bond acceptors (Lipinski definition) is 5. The molecule has 0 aliphatic heterocycles. The Hall–Kier alpha value is -3.91. The van der Waals surface area contributed by atoms with E-state index in [9.17, 15) is 14.4 Å². The summed E-state index contributed by atoms with van der Waals surface area (Å²) in [5.41, 5.74) is 1.57. The molecule has 7 nitrogen and oxygen atoms in total. The highest BCUT2D eigenvalue weighted by atomic mass is 32.1. The zero-order valence-electron chi connectivity index (χ0n) is 16.3. The van der Waals surface area contributed by atoms with Crippen LogP contribution < -0.4 is 11.2 Å². The molecule has 2 aromatic carbocycles. The van der Waals surface area contributed by atoms with Gasteiger partial charge in [0.1, 0.15) is 16.3 Å². The minimum Gasteiger partial charge on any atom is -0.457 e. The average molecular weight is 431 g/mol. The fraction of sp³-hybridized carbons (Fsp3) is 0.0870. The van der Waals surface area contributed by atoms with Crippen LogP contribution in [0, 0.1) is 0 Å². The molecule has 2 N–H and O–H groups in total. The highest BCUT2D eigenvalue weighted by Crippen LogP contribution is 2.22. The fourth-order valence-corrected chi connectivity index (χ4v) is 4.41. The van der Waals surface area contributed by atoms with E-state index >= 15 is 0 Å². The van der Waals surface area contributed by atoms with E-state index in [1.807, 2.05) is 60.7 Å². The lowest BCUT2D eigenvalue weighted by molar-refractivity contribution is 0.0478. The van der Waals surface area contributed by atoms with Gasteiger partial charge in [-0.3, -0.25) is 14.3 Å². The second-order valence-corrected chi connectivity index (χ2v) is 8.17. The van der Waals surface area contributed by atoms with E-state index in [0.29, 0.717) is 4.83 Å². The predicted octanol–water partition coefficient (Wildman–Crippen LogP) is 3.64. The van der Waals surface area contributed by atoms with E-state index in [0.717, 1.165) is 38.1 Å². The Morgan fingerprint density at radius 1 is 0.968 bits per heavy atom. The highest BCUT2D eigenvalue weighted by Gasteiger charge is 2.17. The molecule has 3 heterocycles. The molecular formula is C23H17N3O4S. The summed E-state index contributed by atoms with van der Waals surface area (Å²) < 4.78 is 6.46. The topological polar surface area (TPSA) is 96.9 Å². The smallest absolute Gasteiger partial charge is 0.348 e. The van der Waals surface area contributed by atoms with Crippen molar-refractivity contribution in [3.05, 3.63) is 104 Å². The molecule has 0 radical (unpaired) electrons. The van der Waals surface area contributed by atoms with Gasteiger partial charge in [-0.05, 0) is 29.1 Å². The summed E-state index contributed by atoms with van der Waals surface area (Å²) >= 11 is 1.04. The van der Waals surface area contributed by atoms with Gasteiger partial charge < -0.3 is 9.72 Å². The number of rotatable bonds is 5. The largest absolute Gasteiger partial charge is 0.457 e.